The Balaban J connectivity index is 1.68. The van der Waals surface area contributed by atoms with Gasteiger partial charge in [0.1, 0.15) is 6.10 Å². The summed E-state index contributed by atoms with van der Waals surface area (Å²) in [4.78, 5) is 9.47. The molecule has 0 amide bonds. The van der Waals surface area contributed by atoms with Crippen molar-refractivity contribution in [2.75, 3.05) is 24.7 Å². The summed E-state index contributed by atoms with van der Waals surface area (Å²) in [6.07, 6.45) is 5.00. The lowest BCUT2D eigenvalue weighted by Crippen LogP contribution is -2.37. The average Bonchev–Trinajstić information content (AvgIpc) is 3.17. The van der Waals surface area contributed by atoms with E-state index in [9.17, 15) is 8.42 Å². The largest absolute Gasteiger partial charge is 0.459 e. The van der Waals surface area contributed by atoms with Crippen LogP contribution < -0.4 is 15.4 Å². The van der Waals surface area contributed by atoms with Crippen molar-refractivity contribution >= 4 is 21.4 Å². The van der Waals surface area contributed by atoms with Crippen LogP contribution in [0.3, 0.4) is 0 Å². The number of nitrogens with one attached hydrogen (secondary N) is 2. The van der Waals surface area contributed by atoms with Crippen LogP contribution in [0, 0.1) is 0 Å². The smallest absolute Gasteiger partial charge is 0.322 e. The molecular weight excluding hydrogens is 416 g/mol. The molecule has 0 radical (unpaired) electrons. The summed E-state index contributed by atoms with van der Waals surface area (Å²) in [6, 6.07) is 7.22. The molecule has 0 saturated carbocycles. The maximum Gasteiger partial charge on any atom is 0.322 e. The first kappa shape index (κ1) is 21.5. The van der Waals surface area contributed by atoms with E-state index in [4.69, 9.17) is 4.74 Å². The van der Waals surface area contributed by atoms with E-state index in [1.165, 1.54) is 6.26 Å². The molecule has 1 aromatic carbocycles. The number of nitrogens with zero attached hydrogens (tertiary/aromatic N) is 4. The second kappa shape index (κ2) is 8.80. The first-order valence-corrected chi connectivity index (χ1v) is 12.4. The maximum atomic E-state index is 12.1. The normalized spacial score (nSPS) is 17.2. The molecule has 0 spiro atoms. The van der Waals surface area contributed by atoms with Crippen LogP contribution in [-0.4, -0.2) is 53.4 Å². The van der Waals surface area contributed by atoms with Crippen LogP contribution in [0.5, 0.6) is 6.01 Å². The van der Waals surface area contributed by atoms with Gasteiger partial charge in [0.05, 0.1) is 11.1 Å². The second-order valence-corrected chi connectivity index (χ2v) is 10.1. The Morgan fingerprint density at radius 1 is 1.29 bits per heavy atom. The molecule has 1 aliphatic heterocycles. The van der Waals surface area contributed by atoms with Gasteiger partial charge in [-0.05, 0) is 36.9 Å². The van der Waals surface area contributed by atoms with Crippen LogP contribution in [0.1, 0.15) is 43.7 Å². The Kier molecular flexibility index (Phi) is 6.10. The number of benzene rings is 1. The fourth-order valence-electron chi connectivity index (χ4n) is 3.70. The molecule has 0 bridgehead atoms. The molecule has 1 saturated heterocycles. The highest BCUT2D eigenvalue weighted by Crippen LogP contribution is 2.24. The lowest BCUT2D eigenvalue weighted by molar-refractivity contribution is 0.153. The second-order valence-electron chi connectivity index (χ2n) is 8.14. The van der Waals surface area contributed by atoms with Gasteiger partial charge in [0.2, 0.25) is 5.95 Å². The molecule has 1 atom stereocenters. The van der Waals surface area contributed by atoms with Gasteiger partial charge in [-0.1, -0.05) is 32.0 Å². The number of rotatable bonds is 7. The van der Waals surface area contributed by atoms with Crippen molar-refractivity contribution in [1.82, 2.24) is 24.9 Å². The van der Waals surface area contributed by atoms with Crippen LogP contribution in [0.4, 0.5) is 5.95 Å². The third-order valence-corrected chi connectivity index (χ3v) is 6.53. The molecule has 1 aliphatic rings. The average molecular weight is 445 g/mol. The van der Waals surface area contributed by atoms with Gasteiger partial charge in [0.25, 0.3) is 0 Å². The Hall–Kier alpha value is -2.72. The number of fused-ring (bicyclic) bond motifs is 1. The monoisotopic (exact) mass is 444 g/mol. The number of aromatic nitrogens is 4. The molecule has 4 rings (SSSR count). The number of sulfone groups is 1. The summed E-state index contributed by atoms with van der Waals surface area (Å²) < 4.78 is 32.0. The number of hydrogen-bond acceptors (Lipinski definition) is 8. The van der Waals surface area contributed by atoms with Crippen LogP contribution in [0.2, 0.25) is 0 Å². The number of anilines is 1. The Morgan fingerprint density at radius 3 is 2.81 bits per heavy atom. The molecule has 1 fully saturated rings. The molecule has 31 heavy (non-hydrogen) atoms. The first-order chi connectivity index (χ1) is 14.8. The predicted molar refractivity (Wildman–Crippen MR) is 118 cm³/mol. The van der Waals surface area contributed by atoms with Crippen molar-refractivity contribution in [2.24, 2.45) is 0 Å². The summed E-state index contributed by atoms with van der Waals surface area (Å²) in [5.74, 6) is 0.689. The zero-order chi connectivity index (χ0) is 22.0. The van der Waals surface area contributed by atoms with Crippen molar-refractivity contribution in [3.63, 3.8) is 0 Å². The zero-order valence-electron chi connectivity index (χ0n) is 18.0. The van der Waals surface area contributed by atoms with Gasteiger partial charge in [0.15, 0.2) is 15.5 Å². The van der Waals surface area contributed by atoms with Gasteiger partial charge in [-0.15, -0.1) is 0 Å². The van der Waals surface area contributed by atoms with Crippen LogP contribution >= 0.6 is 0 Å². The van der Waals surface area contributed by atoms with Gasteiger partial charge < -0.3 is 15.4 Å². The molecule has 3 aromatic rings. The highest BCUT2D eigenvalue weighted by Gasteiger charge is 2.20. The number of ether oxygens (including phenoxy) is 1. The summed E-state index contributed by atoms with van der Waals surface area (Å²) in [7, 11) is -3.34. The number of hydrogen-bond donors (Lipinski definition) is 2. The zero-order valence-corrected chi connectivity index (χ0v) is 18.8. The minimum atomic E-state index is -3.34. The van der Waals surface area contributed by atoms with Crippen molar-refractivity contribution in [1.29, 1.82) is 0 Å². The summed E-state index contributed by atoms with van der Waals surface area (Å²) in [6.45, 7) is 6.19. The fraction of sp³-hybridized carbons (Fsp3) is 0.476. The van der Waals surface area contributed by atoms with Crippen LogP contribution in [-0.2, 0) is 16.4 Å². The third kappa shape index (κ3) is 4.80. The van der Waals surface area contributed by atoms with Gasteiger partial charge in [-0.2, -0.15) is 19.6 Å². The van der Waals surface area contributed by atoms with Crippen molar-refractivity contribution in [3.8, 4) is 6.01 Å². The SMILES string of the molecule is CC(C)c1cnn2c(NCc3ccccc3S(C)(=O)=O)nc(O[C@@H]3CCCNC3)nc12. The molecule has 9 nitrogen and oxygen atoms in total. The van der Waals surface area contributed by atoms with Crippen molar-refractivity contribution in [2.45, 2.75) is 50.2 Å². The minimum Gasteiger partial charge on any atom is -0.459 e. The summed E-state index contributed by atoms with van der Waals surface area (Å²) >= 11 is 0. The molecule has 2 N–H and O–H groups in total. The molecule has 0 aliphatic carbocycles. The quantitative estimate of drug-likeness (QED) is 0.572. The predicted octanol–water partition coefficient (Wildman–Crippen LogP) is 2.39. The van der Waals surface area contributed by atoms with Gasteiger partial charge >= 0.3 is 6.01 Å². The van der Waals surface area contributed by atoms with E-state index in [2.05, 4.69) is 39.5 Å². The number of piperidine rings is 1. The Labute approximate surface area is 182 Å². The van der Waals surface area contributed by atoms with E-state index >= 15 is 0 Å². The Morgan fingerprint density at radius 2 is 2.10 bits per heavy atom. The lowest BCUT2D eigenvalue weighted by atomic mass is 10.1. The van der Waals surface area contributed by atoms with E-state index in [0.717, 1.165) is 31.5 Å². The van der Waals surface area contributed by atoms with Crippen molar-refractivity contribution < 1.29 is 13.2 Å². The van der Waals surface area contributed by atoms with Crippen LogP contribution in [0.15, 0.2) is 35.4 Å². The van der Waals surface area contributed by atoms with E-state index in [1.807, 2.05) is 6.07 Å². The van der Waals surface area contributed by atoms with Gasteiger partial charge in [-0.3, -0.25) is 0 Å². The molecule has 10 heteroatoms. The Bertz CT molecular complexity index is 1170. The molecule has 0 unspecified atom stereocenters. The third-order valence-electron chi connectivity index (χ3n) is 5.33. The molecular formula is C21H28N6O3S. The topological polar surface area (TPSA) is 111 Å². The van der Waals surface area contributed by atoms with E-state index < -0.39 is 9.84 Å². The molecule has 2 aromatic heterocycles. The van der Waals surface area contributed by atoms with Gasteiger partial charge in [0, 0.05) is 24.9 Å². The van der Waals surface area contributed by atoms with E-state index in [0.29, 0.717) is 28.1 Å². The molecule has 166 valence electrons. The summed E-state index contributed by atoms with van der Waals surface area (Å²) in [5.41, 5.74) is 2.34. The highest BCUT2D eigenvalue weighted by atomic mass is 32.2. The molecule has 3 heterocycles. The maximum absolute atomic E-state index is 12.1. The lowest BCUT2D eigenvalue weighted by Gasteiger charge is -2.23. The highest BCUT2D eigenvalue weighted by molar-refractivity contribution is 7.90. The van der Waals surface area contributed by atoms with Crippen LogP contribution in [0.25, 0.3) is 5.65 Å². The standard InChI is InChI=1S/C21H28N6O3S/c1-14(2)17-13-24-27-19(17)25-21(30-16-8-6-10-22-12-16)26-20(27)23-11-15-7-4-5-9-18(15)31(3,28)29/h4-5,7,9,13-14,16,22H,6,8,10-12H2,1-3H3,(H,23,25,26)/t16-/m1/s1. The minimum absolute atomic E-state index is 0.0143. The van der Waals surface area contributed by atoms with E-state index in [-0.39, 0.29) is 18.6 Å². The van der Waals surface area contributed by atoms with E-state index in [1.54, 1.807) is 28.9 Å². The summed E-state index contributed by atoms with van der Waals surface area (Å²) in [5, 5.41) is 11.0. The first-order valence-electron chi connectivity index (χ1n) is 10.5. The van der Waals surface area contributed by atoms with Gasteiger partial charge in [-0.25, -0.2) is 8.42 Å². The fourth-order valence-corrected chi connectivity index (χ4v) is 4.65. The van der Waals surface area contributed by atoms with Crippen molar-refractivity contribution in [3.05, 3.63) is 41.6 Å².